The highest BCUT2D eigenvalue weighted by atomic mass is 16.3. The number of aliphatic hydroxyl groups is 1. The van der Waals surface area contributed by atoms with E-state index in [0.29, 0.717) is 41.3 Å². The van der Waals surface area contributed by atoms with Crippen molar-refractivity contribution >= 4 is 11.9 Å². The molecule has 6 fully saturated rings. The van der Waals surface area contributed by atoms with Gasteiger partial charge in [-0.25, -0.2) is 9.97 Å². The predicted molar refractivity (Wildman–Crippen MR) is 123 cm³/mol. The van der Waals surface area contributed by atoms with Gasteiger partial charge in [-0.3, -0.25) is 4.79 Å². The summed E-state index contributed by atoms with van der Waals surface area (Å²) in [6.45, 7) is 6.16. The molecule has 6 aliphatic rings. The van der Waals surface area contributed by atoms with Crippen molar-refractivity contribution in [2.45, 2.75) is 94.9 Å². The Labute approximate surface area is 190 Å². The summed E-state index contributed by atoms with van der Waals surface area (Å²) in [5.41, 5.74) is 1.14. The third kappa shape index (κ3) is 3.61. The maximum Gasteiger partial charge on any atom is 0.254 e. The van der Waals surface area contributed by atoms with E-state index in [4.69, 9.17) is 4.98 Å². The molecule has 1 amide bonds. The van der Waals surface area contributed by atoms with Crippen LogP contribution in [-0.2, 0) is 0 Å². The number of hydrogen-bond acceptors (Lipinski definition) is 6. The second kappa shape index (κ2) is 7.66. The van der Waals surface area contributed by atoms with Gasteiger partial charge in [0.15, 0.2) is 0 Å². The van der Waals surface area contributed by atoms with E-state index in [1.54, 1.807) is 6.20 Å². The topological polar surface area (TPSA) is 90.4 Å². The fourth-order valence-corrected chi connectivity index (χ4v) is 7.64. The molecule has 5 aliphatic carbocycles. The van der Waals surface area contributed by atoms with Gasteiger partial charge in [0.2, 0.25) is 5.95 Å². The summed E-state index contributed by atoms with van der Waals surface area (Å²) in [7, 11) is 0. The molecule has 1 aromatic heterocycles. The summed E-state index contributed by atoms with van der Waals surface area (Å²) in [6, 6.07) is 0.969. The van der Waals surface area contributed by atoms with Gasteiger partial charge in [-0.15, -0.1) is 0 Å². The Morgan fingerprint density at radius 3 is 2.44 bits per heavy atom. The lowest BCUT2D eigenvalue weighted by Crippen LogP contribution is -2.61. The highest BCUT2D eigenvalue weighted by Gasteiger charge is 2.55. The first kappa shape index (κ1) is 20.8. The van der Waals surface area contributed by atoms with Crippen molar-refractivity contribution < 1.29 is 9.90 Å². The Balaban J connectivity index is 1.24. The molecular weight excluding hydrogens is 402 g/mol. The average Bonchev–Trinajstić information content (AvgIpc) is 2.67. The third-order valence-corrected chi connectivity index (χ3v) is 8.92. The zero-order valence-electron chi connectivity index (χ0n) is 19.4. The Morgan fingerprint density at radius 2 is 1.84 bits per heavy atom. The minimum Gasteiger partial charge on any atom is -0.390 e. The highest BCUT2D eigenvalue weighted by Crippen LogP contribution is 2.55. The SMILES string of the molecule is C[C@@H]1CN(c2ncc(C(=O)N[C@H]3C4CC5CC3C[C@@](O)(C5)C4)c(C3CCC3)n2)C[C@H](C)N1. The van der Waals surface area contributed by atoms with Gasteiger partial charge in [-0.2, -0.15) is 0 Å². The van der Waals surface area contributed by atoms with Crippen LogP contribution in [0, 0.1) is 17.8 Å². The number of hydrogen-bond donors (Lipinski definition) is 3. The van der Waals surface area contributed by atoms with Crippen LogP contribution in [0.1, 0.15) is 87.2 Å². The smallest absolute Gasteiger partial charge is 0.254 e. The van der Waals surface area contributed by atoms with E-state index < -0.39 is 5.60 Å². The number of piperazine rings is 1. The summed E-state index contributed by atoms with van der Waals surface area (Å²) in [5.74, 6) is 2.58. The summed E-state index contributed by atoms with van der Waals surface area (Å²) in [4.78, 5) is 25.4. The van der Waals surface area contributed by atoms with Crippen molar-refractivity contribution in [1.29, 1.82) is 0 Å². The molecule has 32 heavy (non-hydrogen) atoms. The van der Waals surface area contributed by atoms with Gasteiger partial charge in [-0.1, -0.05) is 6.42 Å². The van der Waals surface area contributed by atoms with Gasteiger partial charge in [0.1, 0.15) is 0 Å². The van der Waals surface area contributed by atoms with Crippen molar-refractivity contribution in [3.05, 3.63) is 17.5 Å². The lowest BCUT2D eigenvalue weighted by molar-refractivity contribution is -0.136. The van der Waals surface area contributed by atoms with Gasteiger partial charge >= 0.3 is 0 Å². The molecule has 2 unspecified atom stereocenters. The molecule has 0 radical (unpaired) electrons. The van der Waals surface area contributed by atoms with Crippen LogP contribution in [0.4, 0.5) is 5.95 Å². The Bertz CT molecular complexity index is 876. The zero-order valence-corrected chi connectivity index (χ0v) is 19.4. The van der Waals surface area contributed by atoms with Crippen LogP contribution in [0.3, 0.4) is 0 Å². The van der Waals surface area contributed by atoms with Crippen LogP contribution < -0.4 is 15.5 Å². The largest absolute Gasteiger partial charge is 0.390 e. The van der Waals surface area contributed by atoms with E-state index in [0.717, 1.165) is 69.7 Å². The van der Waals surface area contributed by atoms with Gasteiger partial charge in [0, 0.05) is 43.3 Å². The molecule has 1 aromatic rings. The fraction of sp³-hybridized carbons (Fsp3) is 0.800. The molecular formula is C25H37N5O2. The second-order valence-corrected chi connectivity index (χ2v) is 11.7. The Morgan fingerprint density at radius 1 is 1.16 bits per heavy atom. The third-order valence-electron chi connectivity index (χ3n) is 8.92. The minimum absolute atomic E-state index is 0.00930. The van der Waals surface area contributed by atoms with Crippen LogP contribution in [0.15, 0.2) is 6.20 Å². The first-order valence-electron chi connectivity index (χ1n) is 12.8. The Kier molecular flexibility index (Phi) is 4.99. The number of anilines is 1. The molecule has 5 saturated carbocycles. The lowest BCUT2D eigenvalue weighted by atomic mass is 9.52. The average molecular weight is 440 g/mol. The maximum atomic E-state index is 13.5. The van der Waals surface area contributed by atoms with Crippen LogP contribution >= 0.6 is 0 Å². The molecule has 1 aliphatic heterocycles. The number of rotatable bonds is 4. The monoisotopic (exact) mass is 439 g/mol. The molecule has 7 nitrogen and oxygen atoms in total. The van der Waals surface area contributed by atoms with Crippen LogP contribution in [-0.4, -0.2) is 57.8 Å². The standard InChI is InChI=1S/C25H37N5O2/c1-14-12-30(13-15(2)27-14)24-26-11-20(22(29-24)17-4-3-5-17)23(31)28-21-18-6-16-7-19(21)10-25(32,8-16)9-18/h11,14-19,21,27,32H,3-10,12-13H2,1-2H3,(H,28,31)/t14-,15+,16?,18?,19?,21-,25+. The fourth-order valence-electron chi connectivity index (χ4n) is 7.64. The van der Waals surface area contributed by atoms with Gasteiger partial charge in [-0.05, 0) is 76.5 Å². The molecule has 1 saturated heterocycles. The summed E-state index contributed by atoms with van der Waals surface area (Å²) < 4.78 is 0. The second-order valence-electron chi connectivity index (χ2n) is 11.7. The first-order chi connectivity index (χ1) is 15.4. The molecule has 0 aromatic carbocycles. The summed E-state index contributed by atoms with van der Waals surface area (Å²) in [6.07, 6.45) is 10.1. The van der Waals surface area contributed by atoms with E-state index in [9.17, 15) is 9.90 Å². The molecule has 174 valence electrons. The van der Waals surface area contributed by atoms with E-state index >= 15 is 0 Å². The number of nitrogens with zero attached hydrogens (tertiary/aromatic N) is 3. The summed E-state index contributed by atoms with van der Waals surface area (Å²) in [5, 5.41) is 17.8. The van der Waals surface area contributed by atoms with Crippen molar-refractivity contribution in [1.82, 2.24) is 20.6 Å². The van der Waals surface area contributed by atoms with Crippen LogP contribution in [0.2, 0.25) is 0 Å². The highest BCUT2D eigenvalue weighted by molar-refractivity contribution is 5.95. The van der Waals surface area contributed by atoms with Gasteiger partial charge in [0.25, 0.3) is 5.91 Å². The molecule has 2 heterocycles. The van der Waals surface area contributed by atoms with Crippen LogP contribution in [0.5, 0.6) is 0 Å². The number of amides is 1. The normalized spacial score (nSPS) is 40.9. The van der Waals surface area contributed by atoms with Crippen molar-refractivity contribution in [3.63, 3.8) is 0 Å². The summed E-state index contributed by atoms with van der Waals surface area (Å²) >= 11 is 0. The molecule has 7 rings (SSSR count). The minimum atomic E-state index is -0.475. The first-order valence-corrected chi connectivity index (χ1v) is 12.8. The van der Waals surface area contributed by atoms with Gasteiger partial charge in [0.05, 0.1) is 16.9 Å². The molecule has 4 atom stereocenters. The number of carbonyl (C=O) groups excluding carboxylic acids is 1. The predicted octanol–water partition coefficient (Wildman–Crippen LogP) is 2.60. The van der Waals surface area contributed by atoms with E-state index in [1.165, 1.54) is 6.42 Å². The van der Waals surface area contributed by atoms with Crippen molar-refractivity contribution in [2.24, 2.45) is 17.8 Å². The molecule has 0 spiro atoms. The molecule has 3 N–H and O–H groups in total. The lowest BCUT2D eigenvalue weighted by Gasteiger charge is -2.58. The van der Waals surface area contributed by atoms with E-state index in [2.05, 4.69) is 34.4 Å². The van der Waals surface area contributed by atoms with Crippen LogP contribution in [0.25, 0.3) is 0 Å². The molecule has 7 heteroatoms. The quantitative estimate of drug-likeness (QED) is 0.668. The number of nitrogens with one attached hydrogen (secondary N) is 2. The maximum absolute atomic E-state index is 13.5. The number of aromatic nitrogens is 2. The van der Waals surface area contributed by atoms with Crippen molar-refractivity contribution in [3.8, 4) is 0 Å². The Hall–Kier alpha value is -1.73. The number of carbonyl (C=O) groups is 1. The van der Waals surface area contributed by atoms with E-state index in [-0.39, 0.29) is 11.9 Å². The van der Waals surface area contributed by atoms with Crippen molar-refractivity contribution in [2.75, 3.05) is 18.0 Å². The van der Waals surface area contributed by atoms with E-state index in [1.807, 2.05) is 0 Å². The zero-order chi connectivity index (χ0) is 22.0. The molecule has 4 bridgehead atoms. The van der Waals surface area contributed by atoms with Gasteiger partial charge < -0.3 is 20.6 Å².